The van der Waals surface area contributed by atoms with Gasteiger partial charge in [-0.1, -0.05) is 31.9 Å². The van der Waals surface area contributed by atoms with E-state index in [1.165, 1.54) is 6.21 Å². The summed E-state index contributed by atoms with van der Waals surface area (Å²) in [5.74, 6) is -0.392. The Hall–Kier alpha value is -2.65. The normalized spacial score (nSPS) is 11.0. The average molecular weight is 524 g/mol. The first-order valence-corrected chi connectivity index (χ1v) is 10.2. The van der Waals surface area contributed by atoms with E-state index in [4.69, 9.17) is 13.9 Å². The summed E-state index contributed by atoms with van der Waals surface area (Å²) in [6.45, 7) is 1.78. The van der Waals surface area contributed by atoms with Crippen LogP contribution in [0.5, 0.6) is 5.75 Å². The average Bonchev–Trinajstić information content (AvgIpc) is 3.11. The van der Waals surface area contributed by atoms with Gasteiger partial charge in [-0.2, -0.15) is 5.10 Å². The van der Waals surface area contributed by atoms with Gasteiger partial charge in [0.05, 0.1) is 12.8 Å². The molecule has 0 saturated carbocycles. The number of carbonyl (C=O) groups is 2. The fourth-order valence-corrected chi connectivity index (χ4v) is 3.19. The smallest absolute Gasteiger partial charge is 0.344 e. The molecule has 1 N–H and O–H groups in total. The molecule has 1 heterocycles. The van der Waals surface area contributed by atoms with Gasteiger partial charge in [-0.05, 0) is 49.4 Å². The second-order valence-electron chi connectivity index (χ2n) is 5.77. The summed E-state index contributed by atoms with van der Waals surface area (Å²) < 4.78 is 17.5. The predicted molar refractivity (Wildman–Crippen MR) is 115 cm³/mol. The van der Waals surface area contributed by atoms with Gasteiger partial charge in [0, 0.05) is 19.9 Å². The summed E-state index contributed by atoms with van der Waals surface area (Å²) >= 11 is 6.75. The van der Waals surface area contributed by atoms with Crippen LogP contribution in [0.2, 0.25) is 0 Å². The van der Waals surface area contributed by atoms with E-state index in [-0.39, 0.29) is 19.0 Å². The standard InChI is InChI=1S/C20H16Br2N2O5/c1-2-27-19(25)11-28-16-5-3-15(22)8-13(16)10-23-24-20(26)18-9-12-7-14(21)4-6-17(12)29-18/h3-10H,2,11H2,1H3,(H,24,26)/b23-10+. The Morgan fingerprint density at radius 1 is 1.14 bits per heavy atom. The molecule has 1 aromatic heterocycles. The van der Waals surface area contributed by atoms with Crippen LogP contribution in [0, 0.1) is 0 Å². The molecule has 3 aromatic rings. The van der Waals surface area contributed by atoms with Crippen molar-refractivity contribution in [2.75, 3.05) is 13.2 Å². The van der Waals surface area contributed by atoms with Crippen molar-refractivity contribution in [3.63, 3.8) is 0 Å². The molecule has 3 rings (SSSR count). The van der Waals surface area contributed by atoms with Gasteiger partial charge in [0.15, 0.2) is 12.4 Å². The van der Waals surface area contributed by atoms with Gasteiger partial charge in [0.2, 0.25) is 0 Å². The van der Waals surface area contributed by atoms with E-state index >= 15 is 0 Å². The molecule has 0 aliphatic carbocycles. The van der Waals surface area contributed by atoms with E-state index in [1.54, 1.807) is 37.3 Å². The zero-order valence-electron chi connectivity index (χ0n) is 15.3. The molecule has 0 aliphatic heterocycles. The lowest BCUT2D eigenvalue weighted by Gasteiger charge is -2.09. The quantitative estimate of drug-likeness (QED) is 0.276. The largest absolute Gasteiger partial charge is 0.481 e. The number of rotatable bonds is 7. The van der Waals surface area contributed by atoms with E-state index in [0.717, 1.165) is 14.3 Å². The van der Waals surface area contributed by atoms with Gasteiger partial charge in [0.1, 0.15) is 11.3 Å². The van der Waals surface area contributed by atoms with Crippen LogP contribution in [0.3, 0.4) is 0 Å². The van der Waals surface area contributed by atoms with Gasteiger partial charge in [0.25, 0.3) is 0 Å². The number of carbonyl (C=O) groups excluding carboxylic acids is 2. The number of ether oxygens (including phenoxy) is 2. The predicted octanol–water partition coefficient (Wildman–Crippen LogP) is 4.66. The molecule has 150 valence electrons. The van der Waals surface area contributed by atoms with Crippen molar-refractivity contribution in [1.29, 1.82) is 0 Å². The van der Waals surface area contributed by atoms with E-state index in [0.29, 0.717) is 16.9 Å². The Kier molecular flexibility index (Phi) is 7.05. The maximum atomic E-state index is 12.3. The Balaban J connectivity index is 1.69. The molecule has 0 unspecified atom stereocenters. The highest BCUT2D eigenvalue weighted by Crippen LogP contribution is 2.24. The molecule has 0 bridgehead atoms. The SMILES string of the molecule is CCOC(=O)COc1ccc(Br)cc1/C=N/NC(=O)c1cc2cc(Br)ccc2o1. The summed E-state index contributed by atoms with van der Waals surface area (Å²) in [6, 6.07) is 12.3. The van der Waals surface area contributed by atoms with E-state index < -0.39 is 11.9 Å². The van der Waals surface area contributed by atoms with Crippen molar-refractivity contribution in [3.05, 3.63) is 62.7 Å². The third kappa shape index (κ3) is 5.68. The fourth-order valence-electron chi connectivity index (χ4n) is 2.43. The molecule has 0 radical (unpaired) electrons. The number of hydrogen-bond acceptors (Lipinski definition) is 6. The maximum absolute atomic E-state index is 12.3. The molecule has 7 nitrogen and oxygen atoms in total. The molecule has 29 heavy (non-hydrogen) atoms. The maximum Gasteiger partial charge on any atom is 0.344 e. The minimum atomic E-state index is -0.488. The van der Waals surface area contributed by atoms with Crippen LogP contribution >= 0.6 is 31.9 Å². The first kappa shape index (κ1) is 21.1. The molecule has 0 fully saturated rings. The minimum Gasteiger partial charge on any atom is -0.481 e. The van der Waals surface area contributed by atoms with E-state index in [1.807, 2.05) is 12.1 Å². The molecule has 1 amide bonds. The number of furan rings is 1. The number of nitrogens with one attached hydrogen (secondary N) is 1. The van der Waals surface area contributed by atoms with Crippen LogP contribution in [-0.4, -0.2) is 31.3 Å². The Morgan fingerprint density at radius 2 is 1.90 bits per heavy atom. The number of hydrazone groups is 1. The Morgan fingerprint density at radius 3 is 2.69 bits per heavy atom. The number of benzene rings is 2. The summed E-state index contributed by atoms with van der Waals surface area (Å²) in [5, 5.41) is 4.76. The fraction of sp³-hybridized carbons (Fsp3) is 0.150. The highest BCUT2D eigenvalue weighted by Gasteiger charge is 2.12. The molecular formula is C20H16Br2N2O5. The van der Waals surface area contributed by atoms with Gasteiger partial charge < -0.3 is 13.9 Å². The lowest BCUT2D eigenvalue weighted by Crippen LogP contribution is -2.17. The second-order valence-corrected chi connectivity index (χ2v) is 7.60. The zero-order chi connectivity index (χ0) is 20.8. The molecule has 0 aliphatic rings. The summed E-state index contributed by atoms with van der Waals surface area (Å²) in [6.07, 6.45) is 1.42. The van der Waals surface area contributed by atoms with Gasteiger partial charge in [-0.3, -0.25) is 4.79 Å². The van der Waals surface area contributed by atoms with Crippen LogP contribution in [-0.2, 0) is 9.53 Å². The summed E-state index contributed by atoms with van der Waals surface area (Å²) in [7, 11) is 0. The van der Waals surface area contributed by atoms with Crippen LogP contribution in [0.1, 0.15) is 23.0 Å². The second kappa shape index (κ2) is 9.71. The van der Waals surface area contributed by atoms with Crippen molar-refractivity contribution in [1.82, 2.24) is 5.43 Å². The minimum absolute atomic E-state index is 0.142. The first-order valence-electron chi connectivity index (χ1n) is 8.56. The van der Waals surface area contributed by atoms with Gasteiger partial charge in [-0.15, -0.1) is 0 Å². The highest BCUT2D eigenvalue weighted by molar-refractivity contribution is 9.10. The van der Waals surface area contributed by atoms with Crippen LogP contribution in [0.15, 0.2) is 60.9 Å². The van der Waals surface area contributed by atoms with Crippen molar-refractivity contribution in [2.24, 2.45) is 5.10 Å². The van der Waals surface area contributed by atoms with E-state index in [2.05, 4.69) is 42.4 Å². The number of nitrogens with zero attached hydrogens (tertiary/aromatic N) is 1. The summed E-state index contributed by atoms with van der Waals surface area (Å²) in [5.41, 5.74) is 3.59. The molecular weight excluding hydrogens is 508 g/mol. The van der Waals surface area contributed by atoms with Crippen molar-refractivity contribution in [2.45, 2.75) is 6.92 Å². The molecule has 0 atom stereocenters. The molecule has 2 aromatic carbocycles. The van der Waals surface area contributed by atoms with Crippen LogP contribution in [0.4, 0.5) is 0 Å². The monoisotopic (exact) mass is 522 g/mol. The summed E-state index contributed by atoms with van der Waals surface area (Å²) in [4.78, 5) is 23.8. The number of halogens is 2. The topological polar surface area (TPSA) is 90.1 Å². The molecule has 0 spiro atoms. The van der Waals surface area contributed by atoms with Crippen molar-refractivity contribution < 1.29 is 23.5 Å². The number of esters is 1. The van der Waals surface area contributed by atoms with Gasteiger partial charge in [-0.25, -0.2) is 10.2 Å². The lowest BCUT2D eigenvalue weighted by atomic mass is 10.2. The number of fused-ring (bicyclic) bond motifs is 1. The number of amides is 1. The lowest BCUT2D eigenvalue weighted by molar-refractivity contribution is -0.145. The zero-order valence-corrected chi connectivity index (χ0v) is 18.4. The van der Waals surface area contributed by atoms with E-state index in [9.17, 15) is 9.59 Å². The van der Waals surface area contributed by atoms with Crippen molar-refractivity contribution >= 4 is 60.9 Å². The van der Waals surface area contributed by atoms with Crippen molar-refractivity contribution in [3.8, 4) is 5.75 Å². The first-order chi connectivity index (χ1) is 14.0. The van der Waals surface area contributed by atoms with Gasteiger partial charge >= 0.3 is 11.9 Å². The third-order valence-corrected chi connectivity index (χ3v) is 4.68. The molecule has 9 heteroatoms. The third-order valence-electron chi connectivity index (χ3n) is 3.69. The molecule has 0 saturated heterocycles. The Labute approximate surface area is 183 Å². The Bertz CT molecular complexity index is 1080. The highest BCUT2D eigenvalue weighted by atomic mass is 79.9. The van der Waals surface area contributed by atoms with Crippen LogP contribution in [0.25, 0.3) is 11.0 Å². The number of hydrogen-bond donors (Lipinski definition) is 1. The van der Waals surface area contributed by atoms with Crippen LogP contribution < -0.4 is 10.2 Å².